The monoisotopic (exact) mass is 352 g/mol. The number of aromatic nitrogens is 2. The van der Waals surface area contributed by atoms with Crippen molar-refractivity contribution in [2.45, 2.75) is 12.8 Å². The van der Waals surface area contributed by atoms with Crippen LogP contribution < -0.4 is 10.9 Å². The van der Waals surface area contributed by atoms with Gasteiger partial charge in [-0.1, -0.05) is 18.2 Å². The molecule has 1 aromatic heterocycles. The number of nitrogens with zero attached hydrogens (tertiary/aromatic N) is 3. The number of carbonyl (C=O) groups is 1. The molecule has 0 aliphatic carbocycles. The number of amides is 1. The van der Waals surface area contributed by atoms with Crippen molar-refractivity contribution < 1.29 is 9.72 Å². The van der Waals surface area contributed by atoms with Gasteiger partial charge in [0.05, 0.1) is 15.8 Å². The van der Waals surface area contributed by atoms with E-state index in [2.05, 4.69) is 10.3 Å². The quantitative estimate of drug-likeness (QED) is 0.560. The third kappa shape index (κ3) is 3.59. The first-order chi connectivity index (χ1) is 12.5. The lowest BCUT2D eigenvalue weighted by atomic mass is 10.2. The molecule has 0 bridgehead atoms. The van der Waals surface area contributed by atoms with E-state index in [4.69, 9.17) is 0 Å². The molecule has 0 spiro atoms. The minimum absolute atomic E-state index is 0.0959. The van der Waals surface area contributed by atoms with Gasteiger partial charge in [0.2, 0.25) is 5.91 Å². The molecule has 0 unspecified atom stereocenters. The highest BCUT2D eigenvalue weighted by Gasteiger charge is 2.11. The van der Waals surface area contributed by atoms with Gasteiger partial charge in [-0.2, -0.15) is 0 Å². The topological polar surface area (TPSA) is 107 Å². The third-order valence-electron chi connectivity index (χ3n) is 3.99. The second-order valence-electron chi connectivity index (χ2n) is 5.76. The Balaban J connectivity index is 1.73. The molecule has 0 fully saturated rings. The predicted octanol–water partition coefficient (Wildman–Crippen LogP) is 2.41. The molecule has 0 radical (unpaired) electrons. The summed E-state index contributed by atoms with van der Waals surface area (Å²) >= 11 is 0. The molecule has 3 aromatic rings. The van der Waals surface area contributed by atoms with Crippen molar-refractivity contribution in [2.75, 3.05) is 5.32 Å². The Morgan fingerprint density at radius 3 is 2.77 bits per heavy atom. The van der Waals surface area contributed by atoms with Gasteiger partial charge in [0.25, 0.3) is 11.2 Å². The number of nitro benzene ring substituents is 1. The largest absolute Gasteiger partial charge is 0.326 e. The number of aryl methyl sites for hydroxylation is 1. The highest BCUT2D eigenvalue weighted by atomic mass is 16.6. The van der Waals surface area contributed by atoms with Gasteiger partial charge in [0.15, 0.2) is 0 Å². The van der Waals surface area contributed by atoms with Crippen LogP contribution in [0.4, 0.5) is 11.4 Å². The summed E-state index contributed by atoms with van der Waals surface area (Å²) < 4.78 is 1.43. The lowest BCUT2D eigenvalue weighted by molar-refractivity contribution is -0.384. The maximum Gasteiger partial charge on any atom is 0.271 e. The Morgan fingerprint density at radius 2 is 2.00 bits per heavy atom. The normalized spacial score (nSPS) is 10.7. The van der Waals surface area contributed by atoms with Gasteiger partial charge < -0.3 is 5.32 Å². The number of hydrogen-bond donors (Lipinski definition) is 1. The fourth-order valence-electron chi connectivity index (χ4n) is 2.63. The van der Waals surface area contributed by atoms with E-state index < -0.39 is 4.92 Å². The van der Waals surface area contributed by atoms with E-state index in [1.807, 2.05) is 0 Å². The Hall–Kier alpha value is -3.55. The predicted molar refractivity (Wildman–Crippen MR) is 97.0 cm³/mol. The maximum absolute atomic E-state index is 12.3. The number of nitro groups is 1. The number of benzene rings is 2. The Morgan fingerprint density at radius 1 is 1.23 bits per heavy atom. The first-order valence-electron chi connectivity index (χ1n) is 7.94. The van der Waals surface area contributed by atoms with Crippen LogP contribution in [0.1, 0.15) is 12.2 Å². The van der Waals surface area contributed by atoms with Crippen LogP contribution in [0.25, 0.3) is 10.9 Å². The van der Waals surface area contributed by atoms with Gasteiger partial charge in [-0.15, -0.1) is 0 Å². The fourth-order valence-corrected chi connectivity index (χ4v) is 2.63. The molecule has 3 rings (SSSR count). The molecule has 0 saturated heterocycles. The van der Waals surface area contributed by atoms with Gasteiger partial charge in [-0.25, -0.2) is 4.98 Å². The van der Waals surface area contributed by atoms with Crippen molar-refractivity contribution in [3.8, 4) is 0 Å². The average Bonchev–Trinajstić information content (AvgIpc) is 2.63. The molecule has 1 N–H and O–H groups in total. The van der Waals surface area contributed by atoms with Gasteiger partial charge in [0, 0.05) is 37.7 Å². The van der Waals surface area contributed by atoms with Crippen molar-refractivity contribution in [3.05, 3.63) is 74.8 Å². The SMILES string of the molecule is Cn1c(CCC(=O)Nc2cccc([N+](=O)[O-])c2)nc2ccccc2c1=O. The number of para-hydroxylation sites is 1. The summed E-state index contributed by atoms with van der Waals surface area (Å²) in [6.07, 6.45) is 0.374. The average molecular weight is 352 g/mol. The van der Waals surface area contributed by atoms with Crippen LogP contribution >= 0.6 is 0 Å². The van der Waals surface area contributed by atoms with Gasteiger partial charge in [0.1, 0.15) is 5.82 Å². The molecular formula is C18H16N4O4. The van der Waals surface area contributed by atoms with E-state index >= 15 is 0 Å². The summed E-state index contributed by atoms with van der Waals surface area (Å²) in [5.74, 6) is 0.191. The molecule has 2 aromatic carbocycles. The van der Waals surface area contributed by atoms with E-state index in [0.29, 0.717) is 22.4 Å². The number of rotatable bonds is 5. The smallest absolute Gasteiger partial charge is 0.271 e. The first-order valence-corrected chi connectivity index (χ1v) is 7.94. The lowest BCUT2D eigenvalue weighted by Gasteiger charge is -2.09. The van der Waals surface area contributed by atoms with Gasteiger partial charge in [-0.3, -0.25) is 24.3 Å². The van der Waals surface area contributed by atoms with Crippen LogP contribution in [0.2, 0.25) is 0 Å². The number of nitrogens with one attached hydrogen (secondary N) is 1. The minimum atomic E-state index is -0.523. The van der Waals surface area contributed by atoms with E-state index in [9.17, 15) is 19.7 Å². The number of hydrogen-bond acceptors (Lipinski definition) is 5. The second-order valence-corrected chi connectivity index (χ2v) is 5.76. The summed E-state index contributed by atoms with van der Waals surface area (Å²) in [5.41, 5.74) is 0.681. The number of anilines is 1. The molecule has 132 valence electrons. The van der Waals surface area contributed by atoms with Crippen LogP contribution in [0, 0.1) is 10.1 Å². The van der Waals surface area contributed by atoms with Crippen LogP contribution in [0.3, 0.4) is 0 Å². The minimum Gasteiger partial charge on any atom is -0.326 e. The standard InChI is InChI=1S/C18H16N4O4/c1-21-16(20-15-8-3-2-7-14(15)18(21)24)9-10-17(23)19-12-5-4-6-13(11-12)22(25)26/h2-8,11H,9-10H2,1H3,(H,19,23). The Bertz CT molecular complexity index is 1060. The second kappa shape index (κ2) is 7.14. The molecule has 1 heterocycles. The van der Waals surface area contributed by atoms with Crippen LogP contribution in [0.5, 0.6) is 0 Å². The highest BCUT2D eigenvalue weighted by Crippen LogP contribution is 2.17. The van der Waals surface area contributed by atoms with Crippen molar-refractivity contribution in [2.24, 2.45) is 7.05 Å². The van der Waals surface area contributed by atoms with Crippen LogP contribution in [-0.2, 0) is 18.3 Å². The third-order valence-corrected chi connectivity index (χ3v) is 3.99. The lowest BCUT2D eigenvalue weighted by Crippen LogP contribution is -2.23. The molecule has 0 aliphatic rings. The highest BCUT2D eigenvalue weighted by molar-refractivity contribution is 5.91. The molecule has 26 heavy (non-hydrogen) atoms. The zero-order chi connectivity index (χ0) is 18.7. The van der Waals surface area contributed by atoms with E-state index in [1.54, 1.807) is 37.4 Å². The summed E-state index contributed by atoms with van der Waals surface area (Å²) in [6.45, 7) is 0. The molecule has 8 heteroatoms. The van der Waals surface area contributed by atoms with Crippen LogP contribution in [0.15, 0.2) is 53.3 Å². The summed E-state index contributed by atoms with van der Waals surface area (Å²) in [7, 11) is 1.62. The van der Waals surface area contributed by atoms with Crippen molar-refractivity contribution in [1.29, 1.82) is 0 Å². The number of carbonyl (C=O) groups excluding carboxylic acids is 1. The summed E-state index contributed by atoms with van der Waals surface area (Å²) in [6, 6.07) is 12.8. The zero-order valence-corrected chi connectivity index (χ0v) is 14.0. The molecule has 0 aliphatic heterocycles. The first kappa shape index (κ1) is 17.3. The Kier molecular flexibility index (Phi) is 4.74. The van der Waals surface area contributed by atoms with Crippen molar-refractivity contribution >= 4 is 28.2 Å². The molecule has 0 atom stereocenters. The van der Waals surface area contributed by atoms with E-state index in [-0.39, 0.29) is 30.0 Å². The Labute approximate surface area is 148 Å². The van der Waals surface area contributed by atoms with Crippen molar-refractivity contribution in [1.82, 2.24) is 9.55 Å². The van der Waals surface area contributed by atoms with Crippen molar-refractivity contribution in [3.63, 3.8) is 0 Å². The van der Waals surface area contributed by atoms with E-state index in [1.165, 1.54) is 22.8 Å². The zero-order valence-electron chi connectivity index (χ0n) is 14.0. The number of non-ortho nitro benzene ring substituents is 1. The van der Waals surface area contributed by atoms with E-state index in [0.717, 1.165) is 0 Å². The van der Waals surface area contributed by atoms with Gasteiger partial charge >= 0.3 is 0 Å². The summed E-state index contributed by atoms with van der Waals surface area (Å²) in [5, 5.41) is 13.9. The number of fused-ring (bicyclic) bond motifs is 1. The summed E-state index contributed by atoms with van der Waals surface area (Å²) in [4.78, 5) is 39.2. The fraction of sp³-hybridized carbons (Fsp3) is 0.167. The maximum atomic E-state index is 12.3. The molecule has 0 saturated carbocycles. The molecular weight excluding hydrogens is 336 g/mol. The molecule has 8 nitrogen and oxygen atoms in total. The van der Waals surface area contributed by atoms with Crippen LogP contribution in [-0.4, -0.2) is 20.4 Å². The molecule has 1 amide bonds. The van der Waals surface area contributed by atoms with Gasteiger partial charge in [-0.05, 0) is 18.2 Å².